The Morgan fingerprint density at radius 2 is 2.08 bits per heavy atom. The number of ether oxygens (including phenoxy) is 1. The van der Waals surface area contributed by atoms with Gasteiger partial charge >= 0.3 is 0 Å². The van der Waals surface area contributed by atoms with Crippen molar-refractivity contribution in [2.75, 3.05) is 6.26 Å². The van der Waals surface area contributed by atoms with Gasteiger partial charge in [0.25, 0.3) is 0 Å². The molecule has 130 valence electrons. The second-order valence-corrected chi connectivity index (χ2v) is 8.58. The van der Waals surface area contributed by atoms with Crippen molar-refractivity contribution in [3.05, 3.63) is 53.2 Å². The van der Waals surface area contributed by atoms with Gasteiger partial charge in [0.15, 0.2) is 20.5 Å². The molecule has 0 saturated heterocycles. The Balaban J connectivity index is 1.51. The standard InChI is InChI=1S/C18H18N2O4S/c1-12-3-5-15-13(9-12)7-8-18(15)10-16(20-24-18)23-14-4-6-17(19-11-14)25(2,21)22/h3-6,9,11H,7-8,10H2,1-2H3/t18-/m1/s1. The van der Waals surface area contributed by atoms with Gasteiger partial charge in [-0.05, 0) is 37.5 Å². The monoisotopic (exact) mass is 358 g/mol. The fourth-order valence-electron chi connectivity index (χ4n) is 3.41. The summed E-state index contributed by atoms with van der Waals surface area (Å²) in [6.07, 6.45) is 4.89. The number of sulfone groups is 1. The number of aromatic nitrogens is 1. The lowest BCUT2D eigenvalue weighted by Gasteiger charge is -2.21. The fourth-order valence-corrected chi connectivity index (χ4v) is 3.97. The van der Waals surface area contributed by atoms with E-state index in [1.807, 2.05) is 0 Å². The molecular weight excluding hydrogens is 340 g/mol. The van der Waals surface area contributed by atoms with Crippen molar-refractivity contribution in [1.29, 1.82) is 0 Å². The highest BCUT2D eigenvalue weighted by molar-refractivity contribution is 7.90. The van der Waals surface area contributed by atoms with E-state index in [-0.39, 0.29) is 5.03 Å². The number of rotatable bonds is 2. The molecule has 0 fully saturated rings. The first-order chi connectivity index (χ1) is 11.9. The molecule has 0 radical (unpaired) electrons. The maximum Gasteiger partial charge on any atom is 0.235 e. The van der Waals surface area contributed by atoms with Gasteiger partial charge in [-0.3, -0.25) is 0 Å². The summed E-state index contributed by atoms with van der Waals surface area (Å²) in [5.41, 5.74) is 3.27. The van der Waals surface area contributed by atoms with E-state index in [1.165, 1.54) is 29.0 Å². The number of hydrogen-bond donors (Lipinski definition) is 0. The largest absolute Gasteiger partial charge is 0.438 e. The molecule has 1 atom stereocenters. The Labute approximate surface area is 146 Å². The molecule has 2 heterocycles. The van der Waals surface area contributed by atoms with Gasteiger partial charge in [0, 0.05) is 11.8 Å². The second kappa shape index (κ2) is 5.56. The third kappa shape index (κ3) is 2.89. The van der Waals surface area contributed by atoms with Crippen LogP contribution in [0.15, 0.2) is 46.7 Å². The highest BCUT2D eigenvalue weighted by Crippen LogP contribution is 2.46. The third-order valence-corrected chi connectivity index (χ3v) is 5.63. The summed E-state index contributed by atoms with van der Waals surface area (Å²) in [5, 5.41) is 4.12. The van der Waals surface area contributed by atoms with Gasteiger partial charge in [-0.1, -0.05) is 28.9 Å². The van der Waals surface area contributed by atoms with Gasteiger partial charge in [0.2, 0.25) is 5.90 Å². The van der Waals surface area contributed by atoms with Crippen molar-refractivity contribution in [3.63, 3.8) is 0 Å². The van der Waals surface area contributed by atoms with Crippen molar-refractivity contribution in [2.45, 2.75) is 36.8 Å². The fraction of sp³-hybridized carbons (Fsp3) is 0.333. The highest BCUT2D eigenvalue weighted by atomic mass is 32.2. The number of benzene rings is 1. The van der Waals surface area contributed by atoms with Crippen LogP contribution in [0, 0.1) is 6.92 Å². The lowest BCUT2D eigenvalue weighted by atomic mass is 9.92. The second-order valence-electron chi connectivity index (χ2n) is 6.61. The van der Waals surface area contributed by atoms with Crippen LogP contribution < -0.4 is 4.74 Å². The van der Waals surface area contributed by atoms with Crippen LogP contribution in [0.3, 0.4) is 0 Å². The quantitative estimate of drug-likeness (QED) is 0.825. The smallest absolute Gasteiger partial charge is 0.235 e. The van der Waals surface area contributed by atoms with Crippen molar-refractivity contribution in [3.8, 4) is 5.75 Å². The molecule has 1 spiro atoms. The van der Waals surface area contributed by atoms with E-state index in [9.17, 15) is 8.42 Å². The molecule has 1 aliphatic heterocycles. The zero-order chi connectivity index (χ0) is 17.7. The summed E-state index contributed by atoms with van der Waals surface area (Å²) in [7, 11) is -3.32. The SMILES string of the molecule is Cc1ccc2c(c1)CC[C@@]21CC(Oc2ccc(S(C)(=O)=O)nc2)=NO1. The van der Waals surface area contributed by atoms with Gasteiger partial charge in [0.1, 0.15) is 5.75 Å². The van der Waals surface area contributed by atoms with Gasteiger partial charge < -0.3 is 9.57 Å². The minimum Gasteiger partial charge on any atom is -0.438 e. The zero-order valence-corrected chi connectivity index (χ0v) is 14.8. The van der Waals surface area contributed by atoms with Crippen molar-refractivity contribution < 1.29 is 18.0 Å². The molecule has 2 aromatic rings. The molecule has 0 bridgehead atoms. The Hall–Kier alpha value is -2.41. The Morgan fingerprint density at radius 1 is 1.24 bits per heavy atom. The average molecular weight is 358 g/mol. The first-order valence-electron chi connectivity index (χ1n) is 8.05. The predicted molar refractivity (Wildman–Crippen MR) is 92.3 cm³/mol. The first kappa shape index (κ1) is 16.1. The third-order valence-electron chi connectivity index (χ3n) is 4.63. The molecule has 1 aliphatic carbocycles. The summed E-state index contributed by atoms with van der Waals surface area (Å²) < 4.78 is 28.6. The Bertz CT molecular complexity index is 967. The minimum absolute atomic E-state index is 0.0148. The molecular formula is C18H18N2O4S. The normalized spacial score (nSPS) is 21.8. The summed E-state index contributed by atoms with van der Waals surface area (Å²) in [6, 6.07) is 9.38. The van der Waals surface area contributed by atoms with Crippen molar-refractivity contribution in [1.82, 2.24) is 4.98 Å². The van der Waals surface area contributed by atoms with E-state index in [2.05, 4.69) is 35.3 Å². The van der Waals surface area contributed by atoms with Crippen molar-refractivity contribution >= 4 is 15.7 Å². The van der Waals surface area contributed by atoms with E-state index >= 15 is 0 Å². The van der Waals surface area contributed by atoms with Crippen LogP contribution in [0.2, 0.25) is 0 Å². The molecule has 4 rings (SSSR count). The number of oxime groups is 1. The molecule has 25 heavy (non-hydrogen) atoms. The van der Waals surface area contributed by atoms with E-state index in [0.29, 0.717) is 18.1 Å². The van der Waals surface area contributed by atoms with Crippen LogP contribution in [0.5, 0.6) is 5.75 Å². The molecule has 0 N–H and O–H groups in total. The summed E-state index contributed by atoms with van der Waals surface area (Å²) in [6.45, 7) is 2.08. The zero-order valence-electron chi connectivity index (χ0n) is 14.0. The van der Waals surface area contributed by atoms with Crippen LogP contribution in [-0.2, 0) is 26.7 Å². The van der Waals surface area contributed by atoms with Crippen LogP contribution >= 0.6 is 0 Å². The van der Waals surface area contributed by atoms with Gasteiger partial charge in [-0.25, -0.2) is 13.4 Å². The van der Waals surface area contributed by atoms with E-state index in [4.69, 9.17) is 9.57 Å². The molecule has 6 nitrogen and oxygen atoms in total. The summed E-state index contributed by atoms with van der Waals surface area (Å²) in [4.78, 5) is 9.70. The lowest BCUT2D eigenvalue weighted by Crippen LogP contribution is -2.24. The maximum atomic E-state index is 11.5. The topological polar surface area (TPSA) is 77.9 Å². The predicted octanol–water partition coefficient (Wildman–Crippen LogP) is 2.75. The molecule has 0 unspecified atom stereocenters. The summed E-state index contributed by atoms with van der Waals surface area (Å²) in [5.74, 6) is 0.913. The van der Waals surface area contributed by atoms with Gasteiger partial charge in [-0.15, -0.1) is 0 Å². The first-order valence-corrected chi connectivity index (χ1v) is 9.94. The number of aryl methyl sites for hydroxylation is 2. The van der Waals surface area contributed by atoms with Crippen LogP contribution in [0.1, 0.15) is 29.5 Å². The highest BCUT2D eigenvalue weighted by Gasteiger charge is 2.46. The minimum atomic E-state index is -3.32. The number of hydrogen-bond acceptors (Lipinski definition) is 6. The number of fused-ring (bicyclic) bond motifs is 2. The molecule has 1 aromatic heterocycles. The Morgan fingerprint density at radius 3 is 2.80 bits per heavy atom. The molecule has 7 heteroatoms. The van der Waals surface area contributed by atoms with Crippen LogP contribution in [-0.4, -0.2) is 25.6 Å². The average Bonchev–Trinajstić information content (AvgIpc) is 3.12. The lowest BCUT2D eigenvalue weighted by molar-refractivity contribution is -0.0215. The van der Waals surface area contributed by atoms with Crippen LogP contribution in [0.25, 0.3) is 0 Å². The van der Waals surface area contributed by atoms with E-state index in [0.717, 1.165) is 19.1 Å². The molecule has 1 aromatic carbocycles. The molecule has 0 saturated carbocycles. The number of pyridine rings is 1. The molecule has 2 aliphatic rings. The number of nitrogens with zero attached hydrogens (tertiary/aromatic N) is 2. The maximum absolute atomic E-state index is 11.5. The molecule has 0 amide bonds. The Kier molecular flexibility index (Phi) is 3.57. The van der Waals surface area contributed by atoms with E-state index in [1.54, 1.807) is 6.07 Å². The van der Waals surface area contributed by atoms with Gasteiger partial charge in [-0.2, -0.15) is 0 Å². The van der Waals surface area contributed by atoms with Crippen LogP contribution in [0.4, 0.5) is 0 Å². The summed E-state index contributed by atoms with van der Waals surface area (Å²) >= 11 is 0. The van der Waals surface area contributed by atoms with Gasteiger partial charge in [0.05, 0.1) is 12.6 Å². The van der Waals surface area contributed by atoms with E-state index < -0.39 is 15.4 Å². The van der Waals surface area contributed by atoms with Crippen molar-refractivity contribution in [2.24, 2.45) is 5.16 Å².